The predicted molar refractivity (Wildman–Crippen MR) is 127 cm³/mol. The first kappa shape index (κ1) is 22.7. The third-order valence-electron chi connectivity index (χ3n) is 5.04. The molecular formula is C25H20Cl2N2O4. The Bertz CT molecular complexity index is 1230. The Morgan fingerprint density at radius 3 is 2.42 bits per heavy atom. The fourth-order valence-corrected chi connectivity index (χ4v) is 3.84. The van der Waals surface area contributed by atoms with Gasteiger partial charge in [0.05, 0.1) is 18.7 Å². The largest absolute Gasteiger partial charge is 0.493 e. The van der Waals surface area contributed by atoms with Crippen LogP contribution >= 0.6 is 23.2 Å². The molecule has 1 N–H and O–H groups in total. The van der Waals surface area contributed by atoms with Crippen molar-refractivity contribution < 1.29 is 19.1 Å². The van der Waals surface area contributed by atoms with E-state index in [4.69, 9.17) is 32.7 Å². The molecule has 0 unspecified atom stereocenters. The van der Waals surface area contributed by atoms with Crippen LogP contribution in [-0.2, 0) is 17.9 Å². The van der Waals surface area contributed by atoms with E-state index < -0.39 is 11.9 Å². The van der Waals surface area contributed by atoms with Gasteiger partial charge in [0.25, 0.3) is 5.91 Å². The number of nitrogens with one attached hydrogen (secondary N) is 1. The second-order valence-corrected chi connectivity index (χ2v) is 8.09. The van der Waals surface area contributed by atoms with E-state index in [9.17, 15) is 9.59 Å². The molecule has 1 aliphatic rings. The summed E-state index contributed by atoms with van der Waals surface area (Å²) in [4.78, 5) is 26.3. The van der Waals surface area contributed by atoms with Gasteiger partial charge in [-0.05, 0) is 35.4 Å². The van der Waals surface area contributed by atoms with Crippen LogP contribution in [-0.4, -0.2) is 23.9 Å². The van der Waals surface area contributed by atoms with Crippen molar-refractivity contribution in [3.05, 3.63) is 99.2 Å². The summed E-state index contributed by atoms with van der Waals surface area (Å²) in [6, 6.07) is 19.5. The van der Waals surface area contributed by atoms with Crippen LogP contribution in [0, 0.1) is 0 Å². The normalized spacial score (nSPS) is 14.5. The second-order valence-electron chi connectivity index (χ2n) is 7.28. The molecule has 1 saturated heterocycles. The maximum atomic E-state index is 12.8. The van der Waals surface area contributed by atoms with Crippen LogP contribution in [0.2, 0.25) is 10.0 Å². The molecule has 1 fully saturated rings. The molecule has 4 rings (SSSR count). The first-order chi connectivity index (χ1) is 16.0. The molecule has 6 nitrogen and oxygen atoms in total. The molecule has 1 heterocycles. The maximum Gasteiger partial charge on any atom is 0.329 e. The molecule has 3 aromatic rings. The third kappa shape index (κ3) is 5.13. The maximum absolute atomic E-state index is 12.8. The van der Waals surface area contributed by atoms with Crippen LogP contribution in [0.5, 0.6) is 11.5 Å². The molecule has 8 heteroatoms. The van der Waals surface area contributed by atoms with Gasteiger partial charge < -0.3 is 14.8 Å². The number of ether oxygens (including phenoxy) is 2. The molecule has 3 aromatic carbocycles. The molecule has 0 saturated carbocycles. The number of carbonyl (C=O) groups is 2. The highest BCUT2D eigenvalue weighted by molar-refractivity contribution is 6.32. The van der Waals surface area contributed by atoms with Crippen LogP contribution in [0.15, 0.2) is 72.4 Å². The molecule has 0 atom stereocenters. The van der Waals surface area contributed by atoms with E-state index in [0.29, 0.717) is 27.1 Å². The summed E-state index contributed by atoms with van der Waals surface area (Å²) in [6.07, 6.45) is 1.55. The van der Waals surface area contributed by atoms with Gasteiger partial charge in [0.15, 0.2) is 11.5 Å². The first-order valence-corrected chi connectivity index (χ1v) is 10.8. The van der Waals surface area contributed by atoms with Gasteiger partial charge in [0.1, 0.15) is 12.3 Å². The molecule has 0 aliphatic carbocycles. The van der Waals surface area contributed by atoms with Crippen molar-refractivity contribution in [1.82, 2.24) is 10.2 Å². The molecule has 0 aromatic heterocycles. The minimum absolute atomic E-state index is 0.152. The van der Waals surface area contributed by atoms with Crippen LogP contribution < -0.4 is 14.8 Å². The molecular weight excluding hydrogens is 463 g/mol. The van der Waals surface area contributed by atoms with E-state index >= 15 is 0 Å². The average Bonchev–Trinajstić information content (AvgIpc) is 3.07. The Morgan fingerprint density at radius 1 is 0.970 bits per heavy atom. The monoisotopic (exact) mass is 482 g/mol. The van der Waals surface area contributed by atoms with Crippen LogP contribution in [0.25, 0.3) is 6.08 Å². The van der Waals surface area contributed by atoms with Gasteiger partial charge in [-0.1, -0.05) is 71.7 Å². The average molecular weight is 483 g/mol. The van der Waals surface area contributed by atoms with Gasteiger partial charge >= 0.3 is 6.03 Å². The van der Waals surface area contributed by atoms with Crippen molar-refractivity contribution >= 4 is 41.2 Å². The van der Waals surface area contributed by atoms with E-state index in [1.54, 1.807) is 24.3 Å². The Labute approximate surface area is 201 Å². The fraction of sp³-hybridized carbons (Fsp3) is 0.120. The minimum atomic E-state index is -0.479. The topological polar surface area (TPSA) is 67.9 Å². The van der Waals surface area contributed by atoms with Crippen molar-refractivity contribution in [1.29, 1.82) is 0 Å². The lowest BCUT2D eigenvalue weighted by atomic mass is 10.1. The van der Waals surface area contributed by atoms with Crippen molar-refractivity contribution in [3.8, 4) is 11.5 Å². The zero-order valence-corrected chi connectivity index (χ0v) is 19.2. The number of rotatable bonds is 7. The third-order valence-corrected chi connectivity index (χ3v) is 5.69. The van der Waals surface area contributed by atoms with E-state index in [1.807, 2.05) is 48.5 Å². The molecule has 168 valence electrons. The number of amides is 3. The Balaban J connectivity index is 1.54. The SMILES string of the molecule is COc1cc(/C=C2/NC(=O)N(Cc3ccccc3)C2=O)cc(Cl)c1OCc1ccccc1Cl. The zero-order valence-electron chi connectivity index (χ0n) is 17.7. The van der Waals surface area contributed by atoms with E-state index in [1.165, 1.54) is 7.11 Å². The summed E-state index contributed by atoms with van der Waals surface area (Å²) in [7, 11) is 1.50. The van der Waals surface area contributed by atoms with Crippen molar-refractivity contribution in [2.24, 2.45) is 0 Å². The van der Waals surface area contributed by atoms with E-state index in [0.717, 1.165) is 16.0 Å². The van der Waals surface area contributed by atoms with Gasteiger partial charge in [0, 0.05) is 10.6 Å². The van der Waals surface area contributed by atoms with Crippen LogP contribution in [0.3, 0.4) is 0 Å². The summed E-state index contributed by atoms with van der Waals surface area (Å²) in [5.74, 6) is 0.325. The Morgan fingerprint density at radius 2 is 1.70 bits per heavy atom. The lowest BCUT2D eigenvalue weighted by Crippen LogP contribution is -2.30. The molecule has 0 radical (unpaired) electrons. The summed E-state index contributed by atoms with van der Waals surface area (Å²) in [5, 5.41) is 3.50. The Kier molecular flexibility index (Phi) is 6.87. The van der Waals surface area contributed by atoms with Crippen molar-refractivity contribution in [3.63, 3.8) is 0 Å². The molecule has 0 bridgehead atoms. The number of hydrogen-bond acceptors (Lipinski definition) is 4. The number of carbonyl (C=O) groups excluding carboxylic acids is 2. The summed E-state index contributed by atoms with van der Waals surface area (Å²) in [5.41, 5.74) is 2.39. The molecule has 3 amide bonds. The van der Waals surface area contributed by atoms with Crippen LogP contribution in [0.1, 0.15) is 16.7 Å². The van der Waals surface area contributed by atoms with Gasteiger partial charge in [-0.3, -0.25) is 9.69 Å². The summed E-state index contributed by atoms with van der Waals surface area (Å²) in [6.45, 7) is 0.390. The second kappa shape index (κ2) is 9.98. The van der Waals surface area contributed by atoms with E-state index in [-0.39, 0.29) is 18.8 Å². The van der Waals surface area contributed by atoms with Gasteiger partial charge in [-0.15, -0.1) is 0 Å². The summed E-state index contributed by atoms with van der Waals surface area (Å²) < 4.78 is 11.3. The van der Waals surface area contributed by atoms with Gasteiger partial charge in [0.2, 0.25) is 0 Å². The number of imide groups is 1. The Hall–Kier alpha value is -3.48. The zero-order chi connectivity index (χ0) is 23.4. The lowest BCUT2D eigenvalue weighted by Gasteiger charge is -2.14. The molecule has 0 spiro atoms. The molecule has 33 heavy (non-hydrogen) atoms. The number of methoxy groups -OCH3 is 1. The summed E-state index contributed by atoms with van der Waals surface area (Å²) >= 11 is 12.6. The number of benzene rings is 3. The van der Waals surface area contributed by atoms with E-state index in [2.05, 4.69) is 5.32 Å². The van der Waals surface area contributed by atoms with Crippen molar-refractivity contribution in [2.75, 3.05) is 7.11 Å². The highest BCUT2D eigenvalue weighted by Crippen LogP contribution is 2.38. The fourth-order valence-electron chi connectivity index (χ4n) is 3.38. The number of halogens is 2. The van der Waals surface area contributed by atoms with Crippen molar-refractivity contribution in [2.45, 2.75) is 13.2 Å². The van der Waals surface area contributed by atoms with Gasteiger partial charge in [-0.25, -0.2) is 4.79 Å². The molecule has 1 aliphatic heterocycles. The number of hydrogen-bond donors (Lipinski definition) is 1. The quantitative estimate of drug-likeness (QED) is 0.347. The number of urea groups is 1. The van der Waals surface area contributed by atoms with Crippen LogP contribution in [0.4, 0.5) is 4.79 Å². The number of nitrogens with zero attached hydrogens (tertiary/aromatic N) is 1. The highest BCUT2D eigenvalue weighted by atomic mass is 35.5. The highest BCUT2D eigenvalue weighted by Gasteiger charge is 2.33. The standard InChI is InChI=1S/C25H20Cl2N2O4/c1-32-22-13-17(11-20(27)23(22)33-15-18-9-5-6-10-19(18)26)12-21-24(30)29(25(31)28-21)14-16-7-3-2-4-8-16/h2-13H,14-15H2,1H3,(H,28,31)/b21-12+. The first-order valence-electron chi connectivity index (χ1n) is 10.1. The smallest absolute Gasteiger partial charge is 0.329 e. The predicted octanol–water partition coefficient (Wildman–Crippen LogP) is 5.67. The lowest BCUT2D eigenvalue weighted by molar-refractivity contribution is -0.123. The minimum Gasteiger partial charge on any atom is -0.493 e. The van der Waals surface area contributed by atoms with Gasteiger partial charge in [-0.2, -0.15) is 0 Å².